The molecular weight excluding hydrogens is 478 g/mol. The number of benzene rings is 2. The Labute approximate surface area is 215 Å². The van der Waals surface area contributed by atoms with Crippen molar-refractivity contribution in [3.63, 3.8) is 0 Å². The Morgan fingerprint density at radius 2 is 1.69 bits per heavy atom. The molecule has 2 heterocycles. The Balaban J connectivity index is 1.26. The van der Waals surface area contributed by atoms with E-state index in [9.17, 15) is 14.4 Å². The van der Waals surface area contributed by atoms with Crippen LogP contribution in [0.3, 0.4) is 0 Å². The molecule has 190 valence electrons. The quantitative estimate of drug-likeness (QED) is 0.585. The number of ether oxygens (including phenoxy) is 2. The van der Waals surface area contributed by atoms with Gasteiger partial charge in [0.1, 0.15) is 12.6 Å². The molecule has 2 saturated heterocycles. The molecule has 2 atom stereocenters. The predicted octanol–water partition coefficient (Wildman–Crippen LogP) is 4.02. The third-order valence-corrected chi connectivity index (χ3v) is 8.21. The van der Waals surface area contributed by atoms with Crippen molar-refractivity contribution in [3.05, 3.63) is 65.7 Å². The van der Waals surface area contributed by atoms with Gasteiger partial charge in [0.2, 0.25) is 5.91 Å². The van der Waals surface area contributed by atoms with Crippen LogP contribution in [0, 0.1) is 5.92 Å². The van der Waals surface area contributed by atoms with Crippen LogP contribution in [-0.2, 0) is 20.9 Å². The lowest BCUT2D eigenvalue weighted by atomic mass is 9.99. The normalized spacial score (nSPS) is 22.2. The van der Waals surface area contributed by atoms with E-state index in [0.717, 1.165) is 31.2 Å². The smallest absolute Gasteiger partial charge is 0.411 e. The van der Waals surface area contributed by atoms with Gasteiger partial charge in [0, 0.05) is 36.3 Å². The molecular formula is C27H31N3O5S. The fourth-order valence-corrected chi connectivity index (χ4v) is 6.18. The summed E-state index contributed by atoms with van der Waals surface area (Å²) in [5, 5.41) is 5.75. The average Bonchev–Trinajstić information content (AvgIpc) is 3.62. The van der Waals surface area contributed by atoms with E-state index >= 15 is 0 Å². The fourth-order valence-electron chi connectivity index (χ4n) is 4.55. The second kappa shape index (κ2) is 11.3. The molecule has 0 spiro atoms. The molecule has 0 radical (unpaired) electrons. The number of thioether (sulfide) groups is 1. The summed E-state index contributed by atoms with van der Waals surface area (Å²) in [5.41, 5.74) is 2.04. The zero-order valence-electron chi connectivity index (χ0n) is 20.1. The highest BCUT2D eigenvalue weighted by Gasteiger charge is 2.46. The number of hydrogen-bond donors (Lipinski definition) is 2. The highest BCUT2D eigenvalue weighted by Crippen LogP contribution is 2.39. The number of carbonyl (C=O) groups excluding carboxylic acids is 3. The van der Waals surface area contributed by atoms with Crippen molar-refractivity contribution in [1.29, 1.82) is 0 Å². The summed E-state index contributed by atoms with van der Waals surface area (Å²) >= 11 is 1.63. The van der Waals surface area contributed by atoms with Crippen LogP contribution in [0.15, 0.2) is 54.6 Å². The topological polar surface area (TPSA) is 97.0 Å². The Kier molecular flexibility index (Phi) is 7.77. The van der Waals surface area contributed by atoms with E-state index in [1.807, 2.05) is 30.3 Å². The second-order valence-electron chi connectivity index (χ2n) is 9.45. The lowest BCUT2D eigenvalue weighted by Crippen LogP contribution is -2.50. The van der Waals surface area contributed by atoms with E-state index in [0.29, 0.717) is 30.2 Å². The zero-order valence-corrected chi connectivity index (χ0v) is 20.9. The van der Waals surface area contributed by atoms with Crippen LogP contribution in [0.4, 0.5) is 10.5 Å². The maximum atomic E-state index is 13.3. The van der Waals surface area contributed by atoms with Gasteiger partial charge in [-0.3, -0.25) is 14.5 Å². The third kappa shape index (κ3) is 6.02. The number of amides is 3. The first-order chi connectivity index (χ1) is 17.6. The molecule has 2 N–H and O–H groups in total. The van der Waals surface area contributed by atoms with Crippen molar-refractivity contribution in [1.82, 2.24) is 10.2 Å². The monoisotopic (exact) mass is 509 g/mol. The Bertz CT molecular complexity index is 1070. The number of rotatable bonds is 7. The van der Waals surface area contributed by atoms with Gasteiger partial charge in [-0.1, -0.05) is 30.3 Å². The SMILES string of the molecule is O=C(NC1CC1)c1ccc(NC(=O)C2CSC(C3CCOCC3)N2C(=O)OCc2ccccc2)cc1. The van der Waals surface area contributed by atoms with Gasteiger partial charge >= 0.3 is 6.09 Å². The summed E-state index contributed by atoms with van der Waals surface area (Å²) in [6.07, 6.45) is 3.27. The molecule has 0 bridgehead atoms. The van der Waals surface area contributed by atoms with E-state index in [1.54, 1.807) is 40.9 Å². The number of hydrogen-bond acceptors (Lipinski definition) is 6. The zero-order chi connectivity index (χ0) is 24.9. The first kappa shape index (κ1) is 24.6. The molecule has 2 aliphatic heterocycles. The van der Waals surface area contributed by atoms with Crippen molar-refractivity contribution in [2.24, 2.45) is 5.92 Å². The summed E-state index contributed by atoms with van der Waals surface area (Å²) in [4.78, 5) is 40.5. The van der Waals surface area contributed by atoms with Crippen LogP contribution in [0.5, 0.6) is 0 Å². The number of nitrogens with zero attached hydrogens (tertiary/aromatic N) is 1. The van der Waals surface area contributed by atoms with Crippen LogP contribution < -0.4 is 10.6 Å². The molecule has 3 fully saturated rings. The minimum atomic E-state index is -0.649. The van der Waals surface area contributed by atoms with Gasteiger partial charge in [-0.25, -0.2) is 4.79 Å². The molecule has 5 rings (SSSR count). The van der Waals surface area contributed by atoms with Crippen molar-refractivity contribution < 1.29 is 23.9 Å². The minimum absolute atomic E-state index is 0.103. The first-order valence-corrected chi connectivity index (χ1v) is 13.5. The lowest BCUT2D eigenvalue weighted by Gasteiger charge is -2.34. The van der Waals surface area contributed by atoms with Crippen LogP contribution in [0.2, 0.25) is 0 Å². The molecule has 2 aromatic rings. The van der Waals surface area contributed by atoms with Crippen LogP contribution in [0.1, 0.15) is 41.6 Å². The molecule has 36 heavy (non-hydrogen) atoms. The Morgan fingerprint density at radius 3 is 2.39 bits per heavy atom. The molecule has 9 heteroatoms. The summed E-state index contributed by atoms with van der Waals surface area (Å²) < 4.78 is 11.2. The van der Waals surface area contributed by atoms with E-state index < -0.39 is 12.1 Å². The Hall–Kier alpha value is -3.04. The van der Waals surface area contributed by atoms with Gasteiger partial charge in [-0.15, -0.1) is 11.8 Å². The number of nitrogens with one attached hydrogen (secondary N) is 2. The highest BCUT2D eigenvalue weighted by atomic mass is 32.2. The summed E-state index contributed by atoms with van der Waals surface area (Å²) in [6, 6.07) is 16.0. The lowest BCUT2D eigenvalue weighted by molar-refractivity contribution is -0.120. The third-order valence-electron chi connectivity index (χ3n) is 6.75. The van der Waals surface area contributed by atoms with E-state index in [1.165, 1.54) is 0 Å². The fraction of sp³-hybridized carbons (Fsp3) is 0.444. The average molecular weight is 510 g/mol. The predicted molar refractivity (Wildman–Crippen MR) is 138 cm³/mol. The van der Waals surface area contributed by atoms with Gasteiger partial charge in [0.25, 0.3) is 5.91 Å². The molecule has 1 aliphatic carbocycles. The second-order valence-corrected chi connectivity index (χ2v) is 10.6. The van der Waals surface area contributed by atoms with Gasteiger partial charge in [0.05, 0.1) is 5.37 Å². The maximum absolute atomic E-state index is 13.3. The van der Waals surface area contributed by atoms with Crippen molar-refractivity contribution >= 4 is 35.4 Å². The molecule has 8 nitrogen and oxygen atoms in total. The number of carbonyl (C=O) groups is 3. The van der Waals surface area contributed by atoms with Gasteiger partial charge in [-0.2, -0.15) is 0 Å². The molecule has 0 aromatic heterocycles. The summed E-state index contributed by atoms with van der Waals surface area (Å²) in [5.74, 6) is 0.379. The van der Waals surface area contributed by atoms with E-state index in [4.69, 9.17) is 9.47 Å². The van der Waals surface area contributed by atoms with Gasteiger partial charge in [-0.05, 0) is 61.4 Å². The van der Waals surface area contributed by atoms with Crippen LogP contribution in [0.25, 0.3) is 0 Å². The van der Waals surface area contributed by atoms with Crippen molar-refractivity contribution in [3.8, 4) is 0 Å². The van der Waals surface area contributed by atoms with E-state index in [2.05, 4.69) is 10.6 Å². The standard InChI is InChI=1S/C27H31N3O5S/c31-24(28-22-10-11-22)19-6-8-21(9-7-19)29-25(32)23-17-36-26(20-12-14-34-15-13-20)30(23)27(33)35-16-18-4-2-1-3-5-18/h1-9,20,22-23,26H,10-17H2,(H,28,31)(H,29,32). The molecule has 2 aromatic carbocycles. The molecule has 3 amide bonds. The van der Waals surface area contributed by atoms with Crippen molar-refractivity contribution in [2.75, 3.05) is 24.3 Å². The largest absolute Gasteiger partial charge is 0.445 e. The minimum Gasteiger partial charge on any atom is -0.445 e. The Morgan fingerprint density at radius 1 is 0.972 bits per heavy atom. The first-order valence-electron chi connectivity index (χ1n) is 12.5. The van der Waals surface area contributed by atoms with Crippen LogP contribution in [-0.4, -0.2) is 59.2 Å². The van der Waals surface area contributed by atoms with Crippen molar-refractivity contribution in [2.45, 2.75) is 49.7 Å². The molecule has 1 saturated carbocycles. The van der Waals surface area contributed by atoms with Gasteiger partial charge in [0.15, 0.2) is 0 Å². The summed E-state index contributed by atoms with van der Waals surface area (Å²) in [6.45, 7) is 1.47. The van der Waals surface area contributed by atoms with Gasteiger partial charge < -0.3 is 20.1 Å². The molecule has 2 unspecified atom stereocenters. The number of anilines is 1. The summed E-state index contributed by atoms with van der Waals surface area (Å²) in [7, 11) is 0. The maximum Gasteiger partial charge on any atom is 0.411 e. The van der Waals surface area contributed by atoms with Crippen LogP contribution >= 0.6 is 11.8 Å². The highest BCUT2D eigenvalue weighted by molar-refractivity contribution is 8.00. The van der Waals surface area contributed by atoms with E-state index in [-0.39, 0.29) is 35.8 Å². The molecule has 3 aliphatic rings.